The van der Waals surface area contributed by atoms with Crippen molar-refractivity contribution in [3.05, 3.63) is 35.4 Å². The average Bonchev–Trinajstić information content (AvgIpc) is 2.46. The molecule has 3 unspecified atom stereocenters. The molecule has 1 aromatic rings. The van der Waals surface area contributed by atoms with Crippen LogP contribution in [0, 0.1) is 5.41 Å². The minimum atomic E-state index is -0.312. The van der Waals surface area contributed by atoms with Crippen LogP contribution in [0.4, 0.5) is 0 Å². The molecule has 1 amide bonds. The molecule has 1 aromatic carbocycles. The van der Waals surface area contributed by atoms with Crippen LogP contribution in [0.15, 0.2) is 24.3 Å². The number of aliphatic hydroxyl groups is 1. The molecule has 0 radical (unpaired) electrons. The Bertz CT molecular complexity index is 527. The summed E-state index contributed by atoms with van der Waals surface area (Å²) < 4.78 is 0. The topological polar surface area (TPSA) is 61.4 Å². The van der Waals surface area contributed by atoms with Gasteiger partial charge in [0.15, 0.2) is 0 Å². The second kappa shape index (κ2) is 4.86. The Kier molecular flexibility index (Phi) is 3.30. The summed E-state index contributed by atoms with van der Waals surface area (Å²) in [6, 6.07) is 8.14. The molecule has 2 aliphatic rings. The van der Waals surface area contributed by atoms with Crippen molar-refractivity contribution in [1.82, 2.24) is 10.6 Å². The van der Waals surface area contributed by atoms with Crippen molar-refractivity contribution in [3.63, 3.8) is 0 Å². The van der Waals surface area contributed by atoms with Crippen molar-refractivity contribution < 1.29 is 9.90 Å². The molecule has 1 aliphatic carbocycles. The predicted octanol–water partition coefficient (Wildman–Crippen LogP) is 0.976. The number of benzene rings is 1. The Hall–Kier alpha value is -1.39. The molecule has 0 spiro atoms. The first-order chi connectivity index (χ1) is 9.48. The second-order valence-corrected chi connectivity index (χ2v) is 6.54. The zero-order valence-corrected chi connectivity index (χ0v) is 12.0. The summed E-state index contributed by atoms with van der Waals surface area (Å²) >= 11 is 0. The normalized spacial score (nSPS) is 31.1. The number of amides is 1. The minimum absolute atomic E-state index is 0.0458. The summed E-state index contributed by atoms with van der Waals surface area (Å²) in [5, 5.41) is 16.1. The van der Waals surface area contributed by atoms with Crippen LogP contribution in [0.25, 0.3) is 0 Å². The smallest absolute Gasteiger partial charge is 0.237 e. The number of fused-ring (bicyclic) bond motifs is 1. The highest BCUT2D eigenvalue weighted by Gasteiger charge is 2.48. The van der Waals surface area contributed by atoms with E-state index in [1.807, 2.05) is 26.0 Å². The molecule has 0 saturated heterocycles. The van der Waals surface area contributed by atoms with Crippen molar-refractivity contribution >= 4 is 5.91 Å². The van der Waals surface area contributed by atoms with E-state index >= 15 is 0 Å². The summed E-state index contributed by atoms with van der Waals surface area (Å²) in [6.45, 7) is 4.73. The van der Waals surface area contributed by atoms with Crippen LogP contribution in [0.5, 0.6) is 0 Å². The standard InChI is InChI=1S/C16H22N2O2/c1-16(2)13(8-14(16)19)18-15(20)12-7-10-5-3-4-6-11(10)9-17-12/h3-6,12-14,17,19H,7-9H2,1-2H3,(H,18,20). The largest absolute Gasteiger partial charge is 0.392 e. The molecular weight excluding hydrogens is 252 g/mol. The van der Waals surface area contributed by atoms with E-state index in [0.29, 0.717) is 6.42 Å². The minimum Gasteiger partial charge on any atom is -0.392 e. The number of aliphatic hydroxyl groups excluding tert-OH is 1. The van der Waals surface area contributed by atoms with Crippen LogP contribution < -0.4 is 10.6 Å². The van der Waals surface area contributed by atoms with Crippen molar-refractivity contribution in [2.24, 2.45) is 5.41 Å². The summed E-state index contributed by atoms with van der Waals surface area (Å²) in [5.41, 5.74) is 2.30. The van der Waals surface area contributed by atoms with E-state index in [1.54, 1.807) is 0 Å². The molecule has 1 heterocycles. The number of hydrogen-bond acceptors (Lipinski definition) is 3. The first kappa shape index (κ1) is 13.6. The van der Waals surface area contributed by atoms with Gasteiger partial charge in [-0.25, -0.2) is 0 Å². The molecular formula is C16H22N2O2. The third-order valence-corrected chi connectivity index (χ3v) is 4.93. The Morgan fingerprint density at radius 1 is 1.35 bits per heavy atom. The molecule has 1 saturated carbocycles. The Morgan fingerprint density at radius 2 is 2.05 bits per heavy atom. The monoisotopic (exact) mass is 274 g/mol. The number of carbonyl (C=O) groups excluding carboxylic acids is 1. The third-order valence-electron chi connectivity index (χ3n) is 4.93. The summed E-state index contributed by atoms with van der Waals surface area (Å²) in [6.07, 6.45) is 1.08. The van der Waals surface area contributed by atoms with Gasteiger partial charge in [0, 0.05) is 18.0 Å². The van der Waals surface area contributed by atoms with Gasteiger partial charge in [0.2, 0.25) is 5.91 Å². The maximum atomic E-state index is 12.4. The SMILES string of the molecule is CC1(C)C(O)CC1NC(=O)C1Cc2ccccc2CN1. The lowest BCUT2D eigenvalue weighted by atomic mass is 9.64. The van der Waals surface area contributed by atoms with Gasteiger partial charge in [0.05, 0.1) is 12.1 Å². The van der Waals surface area contributed by atoms with Crippen LogP contribution in [-0.4, -0.2) is 29.2 Å². The van der Waals surface area contributed by atoms with Gasteiger partial charge < -0.3 is 15.7 Å². The van der Waals surface area contributed by atoms with Gasteiger partial charge in [-0.15, -0.1) is 0 Å². The predicted molar refractivity (Wildman–Crippen MR) is 77.1 cm³/mol. The summed E-state index contributed by atoms with van der Waals surface area (Å²) in [7, 11) is 0. The Labute approximate surface area is 119 Å². The lowest BCUT2D eigenvalue weighted by Gasteiger charge is -2.49. The zero-order valence-electron chi connectivity index (χ0n) is 12.0. The molecule has 3 atom stereocenters. The van der Waals surface area contributed by atoms with Crippen LogP contribution >= 0.6 is 0 Å². The van der Waals surface area contributed by atoms with Gasteiger partial charge in [-0.1, -0.05) is 38.1 Å². The first-order valence-electron chi connectivity index (χ1n) is 7.27. The van der Waals surface area contributed by atoms with E-state index in [9.17, 15) is 9.90 Å². The second-order valence-electron chi connectivity index (χ2n) is 6.54. The number of carbonyl (C=O) groups is 1. The Balaban J connectivity index is 1.63. The number of rotatable bonds is 2. The van der Waals surface area contributed by atoms with Crippen LogP contribution in [0.3, 0.4) is 0 Å². The van der Waals surface area contributed by atoms with Gasteiger partial charge >= 0.3 is 0 Å². The summed E-state index contributed by atoms with van der Waals surface area (Å²) in [5.74, 6) is 0.0458. The molecule has 20 heavy (non-hydrogen) atoms. The maximum absolute atomic E-state index is 12.4. The van der Waals surface area contributed by atoms with Crippen LogP contribution in [0.2, 0.25) is 0 Å². The van der Waals surface area contributed by atoms with E-state index in [4.69, 9.17) is 0 Å². The van der Waals surface area contributed by atoms with Gasteiger partial charge in [-0.05, 0) is 24.0 Å². The molecule has 108 valence electrons. The number of hydrogen-bond donors (Lipinski definition) is 3. The molecule has 4 nitrogen and oxygen atoms in total. The zero-order chi connectivity index (χ0) is 14.3. The van der Waals surface area contributed by atoms with E-state index < -0.39 is 0 Å². The maximum Gasteiger partial charge on any atom is 0.237 e. The molecule has 1 aliphatic heterocycles. The fourth-order valence-electron chi connectivity index (χ4n) is 3.06. The highest BCUT2D eigenvalue weighted by atomic mass is 16.3. The summed E-state index contributed by atoms with van der Waals surface area (Å²) in [4.78, 5) is 12.4. The van der Waals surface area contributed by atoms with Gasteiger partial charge in [-0.3, -0.25) is 4.79 Å². The fourth-order valence-corrected chi connectivity index (χ4v) is 3.06. The van der Waals surface area contributed by atoms with Crippen molar-refractivity contribution in [2.45, 2.75) is 51.4 Å². The van der Waals surface area contributed by atoms with Gasteiger partial charge in [-0.2, -0.15) is 0 Å². The lowest BCUT2D eigenvalue weighted by Crippen LogP contribution is -2.63. The third kappa shape index (κ3) is 2.23. The molecule has 0 aromatic heterocycles. The average molecular weight is 274 g/mol. The van der Waals surface area contributed by atoms with Crippen molar-refractivity contribution in [2.75, 3.05) is 0 Å². The van der Waals surface area contributed by atoms with E-state index in [2.05, 4.69) is 22.8 Å². The van der Waals surface area contributed by atoms with Crippen molar-refractivity contribution in [3.8, 4) is 0 Å². The van der Waals surface area contributed by atoms with Crippen LogP contribution in [0.1, 0.15) is 31.4 Å². The highest BCUT2D eigenvalue weighted by Crippen LogP contribution is 2.40. The first-order valence-corrected chi connectivity index (χ1v) is 7.27. The lowest BCUT2D eigenvalue weighted by molar-refractivity contribution is -0.131. The van der Waals surface area contributed by atoms with Gasteiger partial charge in [0.25, 0.3) is 0 Å². The highest BCUT2D eigenvalue weighted by molar-refractivity contribution is 5.83. The molecule has 4 heteroatoms. The van der Waals surface area contributed by atoms with E-state index in [1.165, 1.54) is 11.1 Å². The van der Waals surface area contributed by atoms with E-state index in [-0.39, 0.29) is 29.5 Å². The van der Waals surface area contributed by atoms with Crippen LogP contribution in [-0.2, 0) is 17.8 Å². The fraction of sp³-hybridized carbons (Fsp3) is 0.562. The van der Waals surface area contributed by atoms with E-state index in [0.717, 1.165) is 13.0 Å². The molecule has 0 bridgehead atoms. The molecule has 3 N–H and O–H groups in total. The number of nitrogens with one attached hydrogen (secondary N) is 2. The van der Waals surface area contributed by atoms with Crippen molar-refractivity contribution in [1.29, 1.82) is 0 Å². The molecule has 3 rings (SSSR count). The quantitative estimate of drug-likeness (QED) is 0.753. The molecule has 1 fully saturated rings. The van der Waals surface area contributed by atoms with Gasteiger partial charge in [0.1, 0.15) is 0 Å². The Morgan fingerprint density at radius 3 is 2.70 bits per heavy atom.